The lowest BCUT2D eigenvalue weighted by Gasteiger charge is -2.35. The standard InChI is InChI=1S/C12H23NO6/c1-7(14)10(11(16)17)13-8(15)4-9-18-5-12(2,3)6-19-9/h7-10,13-15H,4-6H2,1-3H3,(H,16,17)/t7-,8?,10+/m1/s1. The van der Waals surface area contributed by atoms with Gasteiger partial charge in [-0.05, 0) is 6.92 Å². The number of nitrogens with one attached hydrogen (secondary N) is 1. The van der Waals surface area contributed by atoms with Gasteiger partial charge in [-0.3, -0.25) is 10.1 Å². The summed E-state index contributed by atoms with van der Waals surface area (Å²) >= 11 is 0. The Hall–Kier alpha value is -0.730. The summed E-state index contributed by atoms with van der Waals surface area (Å²) in [5.41, 5.74) is -0.0574. The summed E-state index contributed by atoms with van der Waals surface area (Å²) in [7, 11) is 0. The van der Waals surface area contributed by atoms with Crippen molar-refractivity contribution in [1.29, 1.82) is 0 Å². The Morgan fingerprint density at radius 2 is 1.89 bits per heavy atom. The molecule has 1 saturated heterocycles. The molecule has 0 saturated carbocycles. The summed E-state index contributed by atoms with van der Waals surface area (Å²) < 4.78 is 10.9. The minimum absolute atomic E-state index is 0.0574. The molecular weight excluding hydrogens is 254 g/mol. The zero-order valence-electron chi connectivity index (χ0n) is 11.5. The van der Waals surface area contributed by atoms with E-state index >= 15 is 0 Å². The van der Waals surface area contributed by atoms with Crippen molar-refractivity contribution in [3.05, 3.63) is 0 Å². The van der Waals surface area contributed by atoms with E-state index in [1.54, 1.807) is 0 Å². The Morgan fingerprint density at radius 1 is 1.37 bits per heavy atom. The first-order chi connectivity index (χ1) is 8.71. The third-order valence-electron chi connectivity index (χ3n) is 2.86. The minimum Gasteiger partial charge on any atom is -0.480 e. The summed E-state index contributed by atoms with van der Waals surface area (Å²) in [5.74, 6) is -1.22. The molecule has 1 heterocycles. The molecule has 1 fully saturated rings. The number of aliphatic hydroxyl groups is 2. The van der Waals surface area contributed by atoms with Crippen LogP contribution in [0.2, 0.25) is 0 Å². The Balaban J connectivity index is 2.39. The topological polar surface area (TPSA) is 108 Å². The predicted octanol–water partition coefficient (Wildman–Crippen LogP) is -0.482. The highest BCUT2D eigenvalue weighted by molar-refractivity contribution is 5.74. The van der Waals surface area contributed by atoms with E-state index in [4.69, 9.17) is 14.6 Å². The van der Waals surface area contributed by atoms with Crippen LogP contribution in [0.15, 0.2) is 0 Å². The fourth-order valence-electron chi connectivity index (χ4n) is 1.74. The maximum atomic E-state index is 10.9. The molecule has 0 aliphatic carbocycles. The molecule has 0 spiro atoms. The highest BCUT2D eigenvalue weighted by Crippen LogP contribution is 2.24. The number of carbonyl (C=O) groups is 1. The molecule has 0 aromatic rings. The fourth-order valence-corrected chi connectivity index (χ4v) is 1.74. The van der Waals surface area contributed by atoms with Crippen molar-refractivity contribution in [3.63, 3.8) is 0 Å². The van der Waals surface area contributed by atoms with Gasteiger partial charge < -0.3 is 24.8 Å². The molecule has 0 amide bonds. The molecule has 3 atom stereocenters. The number of rotatable bonds is 6. The summed E-state index contributed by atoms with van der Waals surface area (Å²) in [6.45, 7) is 6.39. The van der Waals surface area contributed by atoms with E-state index in [0.717, 1.165) is 0 Å². The molecule has 1 rings (SSSR count). The molecule has 1 aliphatic heterocycles. The number of hydrogen-bond donors (Lipinski definition) is 4. The normalized spacial score (nSPS) is 24.7. The maximum Gasteiger partial charge on any atom is 0.323 e. The Morgan fingerprint density at radius 3 is 2.32 bits per heavy atom. The van der Waals surface area contributed by atoms with E-state index in [1.807, 2.05) is 13.8 Å². The first kappa shape index (κ1) is 16.3. The van der Waals surface area contributed by atoms with Gasteiger partial charge in [-0.1, -0.05) is 13.8 Å². The molecule has 0 aromatic carbocycles. The van der Waals surface area contributed by atoms with Crippen LogP contribution in [0.3, 0.4) is 0 Å². The quantitative estimate of drug-likeness (QED) is 0.485. The Bertz CT molecular complexity index is 297. The summed E-state index contributed by atoms with van der Waals surface area (Å²) in [5, 5.41) is 30.3. The van der Waals surface area contributed by atoms with Gasteiger partial charge in [0.1, 0.15) is 12.3 Å². The van der Waals surface area contributed by atoms with Crippen molar-refractivity contribution < 1.29 is 29.6 Å². The van der Waals surface area contributed by atoms with Crippen molar-refractivity contribution in [2.45, 2.75) is 51.9 Å². The van der Waals surface area contributed by atoms with E-state index < -0.39 is 30.6 Å². The molecule has 1 unspecified atom stereocenters. The number of carboxylic acid groups (broad SMARTS) is 1. The molecular formula is C12H23NO6. The van der Waals surface area contributed by atoms with Crippen LogP contribution < -0.4 is 5.32 Å². The van der Waals surface area contributed by atoms with E-state index in [2.05, 4.69) is 5.32 Å². The lowest BCUT2D eigenvalue weighted by atomic mass is 9.95. The van der Waals surface area contributed by atoms with Gasteiger partial charge in [0.2, 0.25) is 0 Å². The molecule has 0 aromatic heterocycles. The van der Waals surface area contributed by atoms with Crippen LogP contribution in [-0.2, 0) is 14.3 Å². The van der Waals surface area contributed by atoms with Crippen LogP contribution in [0.5, 0.6) is 0 Å². The van der Waals surface area contributed by atoms with Crippen LogP contribution in [0.4, 0.5) is 0 Å². The SMILES string of the molecule is C[C@@H](O)[C@H](NC(O)CC1OCC(C)(C)CO1)C(=O)O. The fraction of sp³-hybridized carbons (Fsp3) is 0.917. The number of ether oxygens (including phenoxy) is 2. The summed E-state index contributed by atoms with van der Waals surface area (Å²) in [4.78, 5) is 10.9. The summed E-state index contributed by atoms with van der Waals surface area (Å²) in [6, 6.07) is -1.23. The predicted molar refractivity (Wildman–Crippen MR) is 66.3 cm³/mol. The van der Waals surface area contributed by atoms with Gasteiger partial charge in [0, 0.05) is 11.8 Å². The number of carboxylic acids is 1. The smallest absolute Gasteiger partial charge is 0.323 e. The van der Waals surface area contributed by atoms with Gasteiger partial charge in [-0.15, -0.1) is 0 Å². The highest BCUT2D eigenvalue weighted by atomic mass is 16.7. The van der Waals surface area contributed by atoms with Crippen LogP contribution >= 0.6 is 0 Å². The first-order valence-corrected chi connectivity index (χ1v) is 6.29. The van der Waals surface area contributed by atoms with E-state index in [0.29, 0.717) is 13.2 Å². The second-order valence-electron chi connectivity index (χ2n) is 5.69. The van der Waals surface area contributed by atoms with Crippen LogP contribution in [0.1, 0.15) is 27.2 Å². The second kappa shape index (κ2) is 6.62. The molecule has 19 heavy (non-hydrogen) atoms. The van der Waals surface area contributed by atoms with Gasteiger partial charge in [-0.25, -0.2) is 0 Å². The monoisotopic (exact) mass is 277 g/mol. The van der Waals surface area contributed by atoms with Gasteiger partial charge >= 0.3 is 5.97 Å². The Labute approximate surface area is 112 Å². The highest BCUT2D eigenvalue weighted by Gasteiger charge is 2.31. The average molecular weight is 277 g/mol. The number of aliphatic hydroxyl groups excluding tert-OH is 2. The second-order valence-corrected chi connectivity index (χ2v) is 5.69. The molecule has 0 radical (unpaired) electrons. The molecule has 4 N–H and O–H groups in total. The lowest BCUT2D eigenvalue weighted by Crippen LogP contribution is -2.51. The Kier molecular flexibility index (Phi) is 5.69. The van der Waals surface area contributed by atoms with E-state index in [-0.39, 0.29) is 11.8 Å². The minimum atomic E-state index is -1.23. The van der Waals surface area contributed by atoms with Gasteiger partial charge in [0.05, 0.1) is 19.3 Å². The van der Waals surface area contributed by atoms with Gasteiger partial charge in [0.15, 0.2) is 6.29 Å². The van der Waals surface area contributed by atoms with Crippen LogP contribution in [0, 0.1) is 5.41 Å². The number of hydrogen-bond acceptors (Lipinski definition) is 6. The molecule has 1 aliphatic rings. The van der Waals surface area contributed by atoms with E-state index in [9.17, 15) is 15.0 Å². The molecule has 0 bridgehead atoms. The molecule has 7 nitrogen and oxygen atoms in total. The van der Waals surface area contributed by atoms with Crippen molar-refractivity contribution in [3.8, 4) is 0 Å². The first-order valence-electron chi connectivity index (χ1n) is 6.29. The third kappa shape index (κ3) is 5.42. The van der Waals surface area contributed by atoms with Crippen LogP contribution in [0.25, 0.3) is 0 Å². The van der Waals surface area contributed by atoms with Crippen molar-refractivity contribution in [1.82, 2.24) is 5.32 Å². The van der Waals surface area contributed by atoms with E-state index in [1.165, 1.54) is 6.92 Å². The zero-order chi connectivity index (χ0) is 14.6. The lowest BCUT2D eigenvalue weighted by molar-refractivity contribution is -0.232. The number of aliphatic carboxylic acids is 1. The third-order valence-corrected chi connectivity index (χ3v) is 2.86. The largest absolute Gasteiger partial charge is 0.480 e. The summed E-state index contributed by atoms with van der Waals surface area (Å²) in [6.07, 6.45) is -2.70. The van der Waals surface area contributed by atoms with Crippen molar-refractivity contribution in [2.24, 2.45) is 5.41 Å². The van der Waals surface area contributed by atoms with Gasteiger partial charge in [0.25, 0.3) is 0 Å². The van der Waals surface area contributed by atoms with Crippen molar-refractivity contribution >= 4 is 5.97 Å². The van der Waals surface area contributed by atoms with Crippen LogP contribution in [-0.4, -0.2) is 59.2 Å². The maximum absolute atomic E-state index is 10.9. The van der Waals surface area contributed by atoms with Gasteiger partial charge in [-0.2, -0.15) is 0 Å². The average Bonchev–Trinajstić information content (AvgIpc) is 2.28. The zero-order valence-corrected chi connectivity index (χ0v) is 11.5. The van der Waals surface area contributed by atoms with Crippen molar-refractivity contribution in [2.75, 3.05) is 13.2 Å². The molecule has 112 valence electrons. The molecule has 7 heteroatoms.